The van der Waals surface area contributed by atoms with Crippen molar-refractivity contribution in [2.75, 3.05) is 12.8 Å². The quantitative estimate of drug-likeness (QED) is 0.709. The number of thiocarbonyl (C=S) groups is 1. The predicted molar refractivity (Wildman–Crippen MR) is 66.8 cm³/mol. The minimum Gasteiger partial charge on any atom is -0.356 e. The first-order chi connectivity index (χ1) is 6.77. The molecule has 0 aliphatic carbocycles. The Bertz CT molecular complexity index is 323. The van der Waals surface area contributed by atoms with Gasteiger partial charge < -0.3 is 4.90 Å². The zero-order valence-electron chi connectivity index (χ0n) is 8.14. The monoisotopic (exact) mass is 223 g/mol. The van der Waals surface area contributed by atoms with E-state index < -0.39 is 0 Å². The highest BCUT2D eigenvalue weighted by Crippen LogP contribution is 2.24. The van der Waals surface area contributed by atoms with Gasteiger partial charge in [0, 0.05) is 18.8 Å². The molecule has 1 fully saturated rings. The molecule has 0 saturated carbocycles. The number of thioether (sulfide) groups is 1. The van der Waals surface area contributed by atoms with Gasteiger partial charge in [0.1, 0.15) is 4.32 Å². The fraction of sp³-hybridized carbons (Fsp3) is 0.364. The van der Waals surface area contributed by atoms with Crippen LogP contribution in [0.4, 0.5) is 0 Å². The van der Waals surface area contributed by atoms with Crippen LogP contribution in [0.3, 0.4) is 0 Å². The molecule has 1 aromatic rings. The summed E-state index contributed by atoms with van der Waals surface area (Å²) >= 11 is 7.01. The van der Waals surface area contributed by atoms with Gasteiger partial charge in [0.15, 0.2) is 0 Å². The Morgan fingerprint density at radius 1 is 1.43 bits per heavy atom. The lowest BCUT2D eigenvalue weighted by Crippen LogP contribution is -2.30. The van der Waals surface area contributed by atoms with Crippen LogP contribution < -0.4 is 0 Å². The molecule has 3 heteroatoms. The van der Waals surface area contributed by atoms with Crippen molar-refractivity contribution in [3.8, 4) is 0 Å². The van der Waals surface area contributed by atoms with Gasteiger partial charge in [-0.1, -0.05) is 54.3 Å². The van der Waals surface area contributed by atoms with Crippen LogP contribution in [0.15, 0.2) is 30.3 Å². The van der Waals surface area contributed by atoms with E-state index in [1.165, 1.54) is 5.56 Å². The van der Waals surface area contributed by atoms with Crippen LogP contribution in [0.5, 0.6) is 0 Å². The van der Waals surface area contributed by atoms with E-state index in [0.29, 0.717) is 6.04 Å². The molecule has 14 heavy (non-hydrogen) atoms. The summed E-state index contributed by atoms with van der Waals surface area (Å²) in [4.78, 5) is 2.22. The first-order valence-electron chi connectivity index (χ1n) is 4.71. The molecule has 0 spiro atoms. The van der Waals surface area contributed by atoms with Crippen molar-refractivity contribution in [1.29, 1.82) is 0 Å². The fourth-order valence-corrected chi connectivity index (χ4v) is 2.99. The smallest absolute Gasteiger partial charge is 0.136 e. The van der Waals surface area contributed by atoms with Crippen LogP contribution >= 0.6 is 24.0 Å². The van der Waals surface area contributed by atoms with Gasteiger partial charge in [-0.2, -0.15) is 0 Å². The average molecular weight is 223 g/mol. The number of nitrogens with zero attached hydrogens (tertiary/aromatic N) is 1. The largest absolute Gasteiger partial charge is 0.356 e. The molecular weight excluding hydrogens is 210 g/mol. The van der Waals surface area contributed by atoms with E-state index >= 15 is 0 Å². The Balaban J connectivity index is 2.02. The Labute approximate surface area is 94.5 Å². The molecule has 1 nitrogen and oxygen atoms in total. The minimum atomic E-state index is 0.579. The third kappa shape index (κ3) is 2.10. The molecule has 1 heterocycles. The van der Waals surface area contributed by atoms with Gasteiger partial charge in [0.25, 0.3) is 0 Å². The van der Waals surface area contributed by atoms with E-state index in [4.69, 9.17) is 12.2 Å². The SMILES string of the molecule is CN1C(=S)SC[C@H]1Cc1ccccc1. The number of benzene rings is 1. The van der Waals surface area contributed by atoms with Crippen LogP contribution in [0, 0.1) is 0 Å². The Morgan fingerprint density at radius 3 is 2.71 bits per heavy atom. The van der Waals surface area contributed by atoms with Crippen molar-refractivity contribution in [2.45, 2.75) is 12.5 Å². The molecule has 74 valence electrons. The molecule has 1 aliphatic rings. The van der Waals surface area contributed by atoms with Gasteiger partial charge >= 0.3 is 0 Å². The van der Waals surface area contributed by atoms with Crippen LogP contribution in [0.2, 0.25) is 0 Å². The molecule has 0 radical (unpaired) electrons. The summed E-state index contributed by atoms with van der Waals surface area (Å²) in [6.45, 7) is 0. The molecule has 1 aromatic carbocycles. The average Bonchev–Trinajstić information content (AvgIpc) is 2.52. The highest BCUT2D eigenvalue weighted by Gasteiger charge is 2.25. The normalized spacial score (nSPS) is 21.6. The summed E-state index contributed by atoms with van der Waals surface area (Å²) < 4.78 is 1.03. The number of likely N-dealkylation sites (N-methyl/N-ethyl adjacent to an activating group) is 1. The zero-order chi connectivity index (χ0) is 9.97. The fourth-order valence-electron chi connectivity index (χ4n) is 1.61. The molecule has 0 N–H and O–H groups in total. The molecule has 0 bridgehead atoms. The third-order valence-corrected chi connectivity index (χ3v) is 4.28. The van der Waals surface area contributed by atoms with Gasteiger partial charge in [-0.3, -0.25) is 0 Å². The highest BCUT2D eigenvalue weighted by molar-refractivity contribution is 8.23. The van der Waals surface area contributed by atoms with E-state index in [-0.39, 0.29) is 0 Å². The van der Waals surface area contributed by atoms with Crippen molar-refractivity contribution in [3.05, 3.63) is 35.9 Å². The molecule has 1 saturated heterocycles. The lowest BCUT2D eigenvalue weighted by atomic mass is 10.1. The maximum Gasteiger partial charge on any atom is 0.136 e. The van der Waals surface area contributed by atoms with E-state index in [2.05, 4.69) is 42.3 Å². The van der Waals surface area contributed by atoms with Crippen molar-refractivity contribution in [1.82, 2.24) is 4.90 Å². The molecule has 1 atom stereocenters. The second-order valence-corrected chi connectivity index (χ2v) is 5.19. The Kier molecular flexibility index (Phi) is 3.08. The Morgan fingerprint density at radius 2 is 2.14 bits per heavy atom. The first-order valence-corrected chi connectivity index (χ1v) is 6.10. The summed E-state index contributed by atoms with van der Waals surface area (Å²) in [7, 11) is 2.09. The van der Waals surface area contributed by atoms with Crippen molar-refractivity contribution >= 4 is 28.3 Å². The zero-order valence-corrected chi connectivity index (χ0v) is 9.78. The predicted octanol–water partition coefficient (Wildman–Crippen LogP) is 2.56. The topological polar surface area (TPSA) is 3.24 Å². The van der Waals surface area contributed by atoms with E-state index in [1.807, 2.05) is 0 Å². The van der Waals surface area contributed by atoms with Gasteiger partial charge in [0.05, 0.1) is 0 Å². The molecule has 0 aromatic heterocycles. The van der Waals surface area contributed by atoms with Crippen molar-refractivity contribution in [3.63, 3.8) is 0 Å². The third-order valence-electron chi connectivity index (χ3n) is 2.55. The summed E-state index contributed by atoms with van der Waals surface area (Å²) in [5.74, 6) is 1.13. The highest BCUT2D eigenvalue weighted by atomic mass is 32.2. The Hall–Kier alpha value is -0.540. The van der Waals surface area contributed by atoms with E-state index in [1.54, 1.807) is 11.8 Å². The second-order valence-electron chi connectivity index (χ2n) is 3.53. The summed E-state index contributed by atoms with van der Waals surface area (Å²) in [6, 6.07) is 11.2. The molecule has 0 amide bonds. The molecule has 2 rings (SSSR count). The van der Waals surface area contributed by atoms with Crippen molar-refractivity contribution in [2.24, 2.45) is 0 Å². The standard InChI is InChI=1S/C11H13NS2/c1-12-10(8-14-11(12)13)7-9-5-3-2-4-6-9/h2-6,10H,7-8H2,1H3/t10-/m1/s1. The first kappa shape index (κ1) is 9.99. The maximum absolute atomic E-state index is 5.22. The maximum atomic E-state index is 5.22. The summed E-state index contributed by atoms with van der Waals surface area (Å²) in [5, 5.41) is 0. The number of hydrogen-bond acceptors (Lipinski definition) is 2. The van der Waals surface area contributed by atoms with Crippen LogP contribution in [0.25, 0.3) is 0 Å². The van der Waals surface area contributed by atoms with Gasteiger partial charge in [-0.25, -0.2) is 0 Å². The number of rotatable bonds is 2. The van der Waals surface area contributed by atoms with Gasteiger partial charge in [0.2, 0.25) is 0 Å². The number of hydrogen-bond donors (Lipinski definition) is 0. The molecular formula is C11H13NS2. The minimum absolute atomic E-state index is 0.579. The molecule has 0 unspecified atom stereocenters. The lowest BCUT2D eigenvalue weighted by Gasteiger charge is -2.20. The van der Waals surface area contributed by atoms with Gasteiger partial charge in [-0.05, 0) is 12.0 Å². The van der Waals surface area contributed by atoms with E-state index in [0.717, 1.165) is 16.5 Å². The van der Waals surface area contributed by atoms with Crippen LogP contribution in [-0.2, 0) is 6.42 Å². The summed E-state index contributed by atoms with van der Waals surface area (Å²) in [5.41, 5.74) is 1.40. The van der Waals surface area contributed by atoms with Crippen molar-refractivity contribution < 1.29 is 0 Å². The second kappa shape index (κ2) is 4.32. The lowest BCUT2D eigenvalue weighted by molar-refractivity contribution is 0.417. The van der Waals surface area contributed by atoms with Gasteiger partial charge in [-0.15, -0.1) is 0 Å². The summed E-state index contributed by atoms with van der Waals surface area (Å²) in [6.07, 6.45) is 1.10. The van der Waals surface area contributed by atoms with E-state index in [9.17, 15) is 0 Å². The molecule has 1 aliphatic heterocycles. The van der Waals surface area contributed by atoms with Crippen LogP contribution in [0.1, 0.15) is 5.56 Å². The van der Waals surface area contributed by atoms with Crippen LogP contribution in [-0.4, -0.2) is 28.1 Å².